The van der Waals surface area contributed by atoms with E-state index < -0.39 is 0 Å². The minimum Gasteiger partial charge on any atom is -0.381 e. The molecule has 1 fully saturated rings. The van der Waals surface area contributed by atoms with Gasteiger partial charge in [0, 0.05) is 44.7 Å². The van der Waals surface area contributed by atoms with Crippen molar-refractivity contribution in [3.63, 3.8) is 0 Å². The van der Waals surface area contributed by atoms with E-state index in [-0.39, 0.29) is 0 Å². The predicted octanol–water partition coefficient (Wildman–Crippen LogP) is 0.870. The third-order valence-electron chi connectivity index (χ3n) is 3.51. The highest BCUT2D eigenvalue weighted by molar-refractivity contribution is 4.80. The van der Waals surface area contributed by atoms with Gasteiger partial charge in [-0.25, -0.2) is 0 Å². The molecule has 0 aromatic carbocycles. The maximum atomic E-state index is 6.20. The first-order valence-corrected chi connectivity index (χ1v) is 7.19. The smallest absolute Gasteiger partial charge is 0.0521 e. The van der Waals surface area contributed by atoms with Crippen molar-refractivity contribution in [3.05, 3.63) is 0 Å². The third kappa shape index (κ3) is 6.14. The molecule has 1 aliphatic rings. The van der Waals surface area contributed by atoms with Crippen LogP contribution in [0.25, 0.3) is 0 Å². The van der Waals surface area contributed by atoms with E-state index in [0.29, 0.717) is 17.9 Å². The monoisotopic (exact) mass is 257 g/mol. The predicted molar refractivity (Wildman–Crippen MR) is 76.7 cm³/mol. The van der Waals surface area contributed by atoms with Gasteiger partial charge in [0.15, 0.2) is 0 Å². The second kappa shape index (κ2) is 8.10. The number of likely N-dealkylation sites (N-methyl/N-ethyl adjacent to an activating group) is 1. The lowest BCUT2D eigenvalue weighted by molar-refractivity contribution is 0.0236. The Morgan fingerprint density at radius 1 is 1.28 bits per heavy atom. The van der Waals surface area contributed by atoms with Crippen LogP contribution in [0.3, 0.4) is 0 Å². The lowest BCUT2D eigenvalue weighted by Gasteiger charge is -2.34. The molecule has 4 nitrogen and oxygen atoms in total. The van der Waals surface area contributed by atoms with E-state index in [1.807, 2.05) is 0 Å². The quantitative estimate of drug-likeness (QED) is 0.735. The lowest BCUT2D eigenvalue weighted by Crippen LogP contribution is -2.47. The van der Waals surface area contributed by atoms with E-state index in [1.54, 1.807) is 0 Å². The Bertz CT molecular complexity index is 221. The SMILES string of the molecule is CC(C)CN(CCN(C)C)CC1COCCC1N. The molecule has 1 saturated heterocycles. The van der Waals surface area contributed by atoms with E-state index in [0.717, 1.165) is 45.8 Å². The Labute approximate surface area is 112 Å². The third-order valence-corrected chi connectivity index (χ3v) is 3.51. The molecule has 0 bridgehead atoms. The fraction of sp³-hybridized carbons (Fsp3) is 1.00. The van der Waals surface area contributed by atoms with Crippen molar-refractivity contribution in [2.24, 2.45) is 17.6 Å². The molecule has 4 heteroatoms. The molecular formula is C14H31N3O. The van der Waals surface area contributed by atoms with Crippen LogP contribution in [0.1, 0.15) is 20.3 Å². The average Bonchev–Trinajstić information content (AvgIpc) is 2.28. The van der Waals surface area contributed by atoms with Crippen LogP contribution in [0.5, 0.6) is 0 Å². The number of nitrogens with zero attached hydrogens (tertiary/aromatic N) is 2. The number of hydrogen-bond donors (Lipinski definition) is 1. The fourth-order valence-corrected chi connectivity index (χ4v) is 2.45. The normalized spacial score (nSPS) is 25.3. The highest BCUT2D eigenvalue weighted by atomic mass is 16.5. The number of ether oxygens (including phenoxy) is 1. The van der Waals surface area contributed by atoms with E-state index >= 15 is 0 Å². The molecule has 1 heterocycles. The Morgan fingerprint density at radius 3 is 2.56 bits per heavy atom. The van der Waals surface area contributed by atoms with Gasteiger partial charge < -0.3 is 20.3 Å². The van der Waals surface area contributed by atoms with E-state index in [2.05, 4.69) is 37.7 Å². The number of hydrogen-bond acceptors (Lipinski definition) is 4. The van der Waals surface area contributed by atoms with Gasteiger partial charge in [-0.15, -0.1) is 0 Å². The van der Waals surface area contributed by atoms with Crippen LogP contribution >= 0.6 is 0 Å². The summed E-state index contributed by atoms with van der Waals surface area (Å²) < 4.78 is 5.57. The molecule has 0 saturated carbocycles. The van der Waals surface area contributed by atoms with Crippen LogP contribution in [0.4, 0.5) is 0 Å². The summed E-state index contributed by atoms with van der Waals surface area (Å²) in [6.45, 7) is 10.7. The van der Waals surface area contributed by atoms with Crippen LogP contribution in [-0.2, 0) is 4.74 Å². The van der Waals surface area contributed by atoms with Crippen molar-refractivity contribution in [3.8, 4) is 0 Å². The van der Waals surface area contributed by atoms with Gasteiger partial charge in [-0.05, 0) is 26.4 Å². The first-order chi connectivity index (χ1) is 8.49. The summed E-state index contributed by atoms with van der Waals surface area (Å²) in [4.78, 5) is 4.79. The molecule has 0 aromatic heterocycles. The molecule has 2 atom stereocenters. The molecule has 0 radical (unpaired) electrons. The van der Waals surface area contributed by atoms with Gasteiger partial charge in [0.2, 0.25) is 0 Å². The summed E-state index contributed by atoms with van der Waals surface area (Å²) in [6, 6.07) is 0.313. The second-order valence-corrected chi connectivity index (χ2v) is 6.24. The first kappa shape index (κ1) is 15.9. The van der Waals surface area contributed by atoms with Crippen molar-refractivity contribution in [2.75, 3.05) is 53.5 Å². The van der Waals surface area contributed by atoms with Crippen LogP contribution in [-0.4, -0.2) is 69.3 Å². The van der Waals surface area contributed by atoms with E-state index in [9.17, 15) is 0 Å². The van der Waals surface area contributed by atoms with Gasteiger partial charge in [0.1, 0.15) is 0 Å². The van der Waals surface area contributed by atoms with Crippen LogP contribution in [0, 0.1) is 11.8 Å². The number of rotatable bonds is 7. The number of nitrogens with two attached hydrogens (primary N) is 1. The van der Waals surface area contributed by atoms with Crippen molar-refractivity contribution in [2.45, 2.75) is 26.3 Å². The van der Waals surface area contributed by atoms with Gasteiger partial charge in [-0.3, -0.25) is 0 Å². The molecule has 2 N–H and O–H groups in total. The van der Waals surface area contributed by atoms with Crippen LogP contribution < -0.4 is 5.73 Å². The van der Waals surface area contributed by atoms with E-state index in [4.69, 9.17) is 10.5 Å². The first-order valence-electron chi connectivity index (χ1n) is 7.19. The fourth-order valence-electron chi connectivity index (χ4n) is 2.45. The summed E-state index contributed by atoms with van der Waals surface area (Å²) in [6.07, 6.45) is 1.01. The Balaban J connectivity index is 2.42. The minimum atomic E-state index is 0.313. The molecule has 18 heavy (non-hydrogen) atoms. The molecule has 0 aromatic rings. The second-order valence-electron chi connectivity index (χ2n) is 6.24. The standard InChI is InChI=1S/C14H31N3O/c1-12(2)9-17(7-6-16(3)4)10-13-11-18-8-5-14(13)15/h12-14H,5-11,15H2,1-4H3. The van der Waals surface area contributed by atoms with Crippen LogP contribution in [0.15, 0.2) is 0 Å². The summed E-state index contributed by atoms with van der Waals surface area (Å²) in [5.74, 6) is 1.20. The summed E-state index contributed by atoms with van der Waals surface area (Å²) in [5, 5.41) is 0. The molecular weight excluding hydrogens is 226 g/mol. The van der Waals surface area contributed by atoms with Crippen molar-refractivity contribution in [1.29, 1.82) is 0 Å². The van der Waals surface area contributed by atoms with Gasteiger partial charge in [-0.2, -0.15) is 0 Å². The van der Waals surface area contributed by atoms with Crippen LogP contribution in [0.2, 0.25) is 0 Å². The zero-order chi connectivity index (χ0) is 13.5. The summed E-state index contributed by atoms with van der Waals surface area (Å²) in [7, 11) is 4.26. The lowest BCUT2D eigenvalue weighted by atomic mass is 9.95. The topological polar surface area (TPSA) is 41.7 Å². The van der Waals surface area contributed by atoms with Gasteiger partial charge >= 0.3 is 0 Å². The van der Waals surface area contributed by atoms with Gasteiger partial charge in [0.05, 0.1) is 6.61 Å². The molecule has 0 amide bonds. The Kier molecular flexibility index (Phi) is 7.15. The molecule has 108 valence electrons. The average molecular weight is 257 g/mol. The highest BCUT2D eigenvalue weighted by Gasteiger charge is 2.24. The van der Waals surface area contributed by atoms with E-state index in [1.165, 1.54) is 0 Å². The molecule has 0 spiro atoms. The van der Waals surface area contributed by atoms with Gasteiger partial charge in [0.25, 0.3) is 0 Å². The minimum absolute atomic E-state index is 0.313. The largest absolute Gasteiger partial charge is 0.381 e. The zero-order valence-corrected chi connectivity index (χ0v) is 12.6. The van der Waals surface area contributed by atoms with Gasteiger partial charge in [-0.1, -0.05) is 13.8 Å². The summed E-state index contributed by atoms with van der Waals surface area (Å²) >= 11 is 0. The summed E-state index contributed by atoms with van der Waals surface area (Å²) in [5.41, 5.74) is 6.20. The maximum absolute atomic E-state index is 6.20. The molecule has 0 aliphatic carbocycles. The van der Waals surface area contributed by atoms with Crippen molar-refractivity contribution in [1.82, 2.24) is 9.80 Å². The zero-order valence-electron chi connectivity index (χ0n) is 12.6. The molecule has 1 aliphatic heterocycles. The highest BCUT2D eigenvalue weighted by Crippen LogP contribution is 2.15. The molecule has 2 unspecified atom stereocenters. The van der Waals surface area contributed by atoms with Crippen molar-refractivity contribution >= 4 is 0 Å². The Morgan fingerprint density at radius 2 is 2.00 bits per heavy atom. The Hall–Kier alpha value is -0.160. The van der Waals surface area contributed by atoms with Crippen molar-refractivity contribution < 1.29 is 4.74 Å². The maximum Gasteiger partial charge on any atom is 0.0521 e. The molecule has 1 rings (SSSR count).